The molecule has 1 aliphatic carbocycles. The first-order chi connectivity index (χ1) is 20.6. The van der Waals surface area contributed by atoms with Gasteiger partial charge in [0.2, 0.25) is 17.7 Å². The first kappa shape index (κ1) is 28.5. The number of carbonyl (C=O) groups is 1. The first-order valence-corrected chi connectivity index (χ1v) is 15.1. The Morgan fingerprint density at radius 3 is 2.65 bits per heavy atom. The predicted molar refractivity (Wildman–Crippen MR) is 157 cm³/mol. The van der Waals surface area contributed by atoms with Gasteiger partial charge in [-0.2, -0.15) is 4.98 Å². The molecule has 0 unspecified atom stereocenters. The van der Waals surface area contributed by atoms with Crippen molar-refractivity contribution in [1.82, 2.24) is 29.5 Å². The number of sulfonamides is 1. The minimum atomic E-state index is -4.34. The Morgan fingerprint density at radius 2 is 1.91 bits per heavy atom. The highest BCUT2D eigenvalue weighted by Crippen LogP contribution is 2.35. The lowest BCUT2D eigenvalue weighted by molar-refractivity contribution is -0.122. The van der Waals surface area contributed by atoms with Crippen LogP contribution in [0.1, 0.15) is 25.7 Å². The highest BCUT2D eigenvalue weighted by atomic mass is 35.5. The number of ether oxygens (including phenoxy) is 1. The SMILES string of the molecule is COc1ncc(Cl)cc1S(=O)(=O)Nc1cccc(-c2cc3cnc(NC4CCC(C(N)=O)CC4)nc3n3cnnc23)c1F. The molecule has 6 rings (SSSR count). The number of aromatic nitrogens is 6. The molecule has 1 fully saturated rings. The third-order valence-corrected chi connectivity index (χ3v) is 8.94. The molecule has 0 radical (unpaired) electrons. The molecule has 1 amide bonds. The molecule has 0 aliphatic heterocycles. The molecule has 5 aromatic rings. The first-order valence-electron chi connectivity index (χ1n) is 13.2. The molecule has 0 saturated heterocycles. The van der Waals surface area contributed by atoms with E-state index in [0.29, 0.717) is 41.0 Å². The van der Waals surface area contributed by atoms with Crippen molar-refractivity contribution in [3.05, 3.63) is 59.9 Å². The number of amides is 1. The van der Waals surface area contributed by atoms with Crippen molar-refractivity contribution in [2.75, 3.05) is 17.1 Å². The summed E-state index contributed by atoms with van der Waals surface area (Å²) in [6, 6.07) is 7.23. The molecular weight excluding hydrogens is 601 g/mol. The summed E-state index contributed by atoms with van der Waals surface area (Å²) in [6.45, 7) is 0. The Kier molecular flexibility index (Phi) is 7.43. The zero-order chi connectivity index (χ0) is 30.3. The zero-order valence-corrected chi connectivity index (χ0v) is 24.2. The number of fused-ring (bicyclic) bond motifs is 3. The van der Waals surface area contributed by atoms with E-state index in [9.17, 15) is 13.2 Å². The molecule has 1 aromatic carbocycles. The van der Waals surface area contributed by atoms with Gasteiger partial charge in [-0.05, 0) is 43.9 Å². The van der Waals surface area contributed by atoms with E-state index in [2.05, 4.69) is 35.2 Å². The monoisotopic (exact) mass is 625 g/mol. The Morgan fingerprint density at radius 1 is 1.12 bits per heavy atom. The van der Waals surface area contributed by atoms with E-state index in [1.807, 2.05) is 0 Å². The molecule has 0 bridgehead atoms. The van der Waals surface area contributed by atoms with Crippen molar-refractivity contribution in [3.63, 3.8) is 0 Å². The highest BCUT2D eigenvalue weighted by molar-refractivity contribution is 7.92. The van der Waals surface area contributed by atoms with E-state index >= 15 is 4.39 Å². The number of nitrogens with one attached hydrogen (secondary N) is 2. The van der Waals surface area contributed by atoms with Crippen molar-refractivity contribution in [2.45, 2.75) is 36.6 Å². The number of primary amides is 1. The maximum absolute atomic E-state index is 16.0. The number of nitrogens with two attached hydrogens (primary N) is 1. The summed E-state index contributed by atoms with van der Waals surface area (Å²) in [5, 5.41) is 12.2. The Bertz CT molecular complexity index is 1980. The van der Waals surface area contributed by atoms with Gasteiger partial charge in [0, 0.05) is 40.9 Å². The second-order valence-corrected chi connectivity index (χ2v) is 12.2. The molecule has 4 heterocycles. The van der Waals surface area contributed by atoms with Crippen LogP contribution in [0, 0.1) is 11.7 Å². The maximum Gasteiger partial charge on any atom is 0.267 e. The Hall–Kier alpha value is -4.63. The van der Waals surface area contributed by atoms with Crippen LogP contribution in [0.3, 0.4) is 0 Å². The lowest BCUT2D eigenvalue weighted by atomic mass is 9.86. The van der Waals surface area contributed by atoms with Gasteiger partial charge < -0.3 is 15.8 Å². The summed E-state index contributed by atoms with van der Waals surface area (Å²) < 4.78 is 51.3. The lowest BCUT2D eigenvalue weighted by Crippen LogP contribution is -2.32. The molecule has 4 aromatic heterocycles. The Labute approximate surface area is 249 Å². The van der Waals surface area contributed by atoms with E-state index < -0.39 is 15.8 Å². The molecule has 13 nitrogen and oxygen atoms in total. The van der Waals surface area contributed by atoms with Gasteiger partial charge in [-0.25, -0.2) is 22.8 Å². The van der Waals surface area contributed by atoms with Gasteiger partial charge in [-0.15, -0.1) is 10.2 Å². The molecule has 4 N–H and O–H groups in total. The zero-order valence-electron chi connectivity index (χ0n) is 22.7. The van der Waals surface area contributed by atoms with E-state index in [-0.39, 0.29) is 44.9 Å². The van der Waals surface area contributed by atoms with Gasteiger partial charge >= 0.3 is 0 Å². The minimum Gasteiger partial charge on any atom is -0.480 e. The molecule has 1 aliphatic rings. The molecule has 0 spiro atoms. The molecule has 43 heavy (non-hydrogen) atoms. The van der Waals surface area contributed by atoms with Crippen LogP contribution in [-0.2, 0) is 14.8 Å². The van der Waals surface area contributed by atoms with Crippen LogP contribution in [0.2, 0.25) is 5.02 Å². The quantitative estimate of drug-likeness (QED) is 0.230. The van der Waals surface area contributed by atoms with Crippen LogP contribution in [0.15, 0.2) is 53.9 Å². The summed E-state index contributed by atoms with van der Waals surface area (Å²) in [5.41, 5.74) is 6.35. The average molecular weight is 626 g/mol. The van der Waals surface area contributed by atoms with Gasteiger partial charge in [-0.1, -0.05) is 23.7 Å². The number of benzene rings is 1. The average Bonchev–Trinajstić information content (AvgIpc) is 3.49. The third kappa shape index (κ3) is 5.48. The van der Waals surface area contributed by atoms with Crippen molar-refractivity contribution < 1.29 is 22.3 Å². The van der Waals surface area contributed by atoms with Gasteiger partial charge in [-0.3, -0.25) is 13.9 Å². The third-order valence-electron chi connectivity index (χ3n) is 7.38. The van der Waals surface area contributed by atoms with Crippen molar-refractivity contribution in [2.24, 2.45) is 11.7 Å². The maximum atomic E-state index is 16.0. The fourth-order valence-corrected chi connectivity index (χ4v) is 6.64. The smallest absolute Gasteiger partial charge is 0.267 e. The predicted octanol–water partition coefficient (Wildman–Crippen LogP) is 3.79. The van der Waals surface area contributed by atoms with Gasteiger partial charge in [0.25, 0.3) is 10.0 Å². The molecule has 16 heteroatoms. The fraction of sp³-hybridized carbons (Fsp3) is 0.259. The number of halogens is 2. The van der Waals surface area contributed by atoms with Gasteiger partial charge in [0.05, 0.1) is 17.8 Å². The molecule has 0 atom stereocenters. The molecular formula is C27H25ClFN9O4S. The minimum absolute atomic E-state index is 0.0665. The summed E-state index contributed by atoms with van der Waals surface area (Å²) in [6.07, 6.45) is 7.22. The molecule has 1 saturated carbocycles. The summed E-state index contributed by atoms with van der Waals surface area (Å²) in [7, 11) is -3.07. The van der Waals surface area contributed by atoms with Gasteiger partial charge in [0.1, 0.15) is 6.33 Å². The largest absolute Gasteiger partial charge is 0.480 e. The number of pyridine rings is 2. The van der Waals surface area contributed by atoms with Crippen LogP contribution >= 0.6 is 11.6 Å². The number of methoxy groups -OCH3 is 1. The van der Waals surface area contributed by atoms with Crippen molar-refractivity contribution in [3.8, 4) is 17.0 Å². The van der Waals surface area contributed by atoms with Crippen LogP contribution < -0.4 is 20.5 Å². The fourth-order valence-electron chi connectivity index (χ4n) is 5.22. The van der Waals surface area contributed by atoms with Crippen LogP contribution in [0.5, 0.6) is 5.88 Å². The number of anilines is 2. The standard InChI is InChI=1S/C27H25ClFN9O4S/c1-42-26-21(10-16(28)12-31-26)43(40,41)37-20-4-2-3-18(22(20)29)19-9-15-11-32-27(35-24(15)38-13-33-36-25(19)38)34-17-7-5-14(6-8-17)23(30)39/h2-4,9-14,17,37H,5-8H2,1H3,(H2,30,39)(H,32,34,35). The van der Waals surface area contributed by atoms with Crippen LogP contribution in [0.25, 0.3) is 27.8 Å². The second-order valence-electron chi connectivity index (χ2n) is 10.1. The molecule has 222 valence electrons. The number of hydrogen-bond donors (Lipinski definition) is 3. The van der Waals surface area contributed by atoms with Crippen LogP contribution in [-0.4, -0.2) is 57.0 Å². The normalized spacial score (nSPS) is 17.2. The topological polar surface area (TPSA) is 179 Å². The number of carbonyl (C=O) groups excluding carboxylic acids is 1. The number of rotatable bonds is 8. The van der Waals surface area contributed by atoms with E-state index in [1.54, 1.807) is 16.7 Å². The Balaban J connectivity index is 1.33. The van der Waals surface area contributed by atoms with Crippen molar-refractivity contribution >= 4 is 55.8 Å². The highest BCUT2D eigenvalue weighted by Gasteiger charge is 2.26. The number of hydrogen-bond acceptors (Lipinski definition) is 10. The summed E-state index contributed by atoms with van der Waals surface area (Å²) >= 11 is 5.96. The van der Waals surface area contributed by atoms with Crippen molar-refractivity contribution in [1.29, 1.82) is 0 Å². The van der Waals surface area contributed by atoms with Crippen LogP contribution in [0.4, 0.5) is 16.0 Å². The summed E-state index contributed by atoms with van der Waals surface area (Å²) in [4.78, 5) is 24.1. The second kappa shape index (κ2) is 11.2. The summed E-state index contributed by atoms with van der Waals surface area (Å²) in [5.74, 6) is -1.03. The van der Waals surface area contributed by atoms with E-state index in [1.165, 1.54) is 37.8 Å². The number of nitrogens with zero attached hydrogens (tertiary/aromatic N) is 6. The van der Waals surface area contributed by atoms with E-state index in [0.717, 1.165) is 18.9 Å². The lowest BCUT2D eigenvalue weighted by Gasteiger charge is -2.27. The van der Waals surface area contributed by atoms with E-state index in [4.69, 9.17) is 22.1 Å². The van der Waals surface area contributed by atoms with Gasteiger partial charge in [0.15, 0.2) is 22.0 Å².